The van der Waals surface area contributed by atoms with Gasteiger partial charge < -0.3 is 10.5 Å². The lowest BCUT2D eigenvalue weighted by Crippen LogP contribution is -2.14. The number of nitrogens with two attached hydrogens (primary N) is 1. The average molecular weight is 287 g/mol. The van der Waals surface area contributed by atoms with E-state index >= 15 is 0 Å². The first-order valence-electron chi connectivity index (χ1n) is 7.61. The second-order valence-electron chi connectivity index (χ2n) is 5.34. The number of hydrogen-bond donors (Lipinski definition) is 1. The third kappa shape index (κ3) is 3.85. The zero-order valence-electron chi connectivity index (χ0n) is 13.1. The lowest BCUT2D eigenvalue weighted by atomic mass is 10.0. The molecule has 0 fully saturated rings. The van der Waals surface area contributed by atoms with Crippen molar-refractivity contribution < 1.29 is 4.74 Å². The van der Waals surface area contributed by atoms with Gasteiger partial charge in [0.15, 0.2) is 0 Å². The predicted molar refractivity (Wildman–Crippen MR) is 85.5 cm³/mol. The molecule has 0 amide bonds. The summed E-state index contributed by atoms with van der Waals surface area (Å²) in [6, 6.07) is 10.4. The number of rotatable bonds is 7. The Balaban J connectivity index is 2.03. The SMILES string of the molecule is CCC(CC)n1ccc(CC(N)c2ccc(OC)cc2)n1. The molecule has 2 rings (SSSR count). The Morgan fingerprint density at radius 2 is 1.81 bits per heavy atom. The maximum atomic E-state index is 6.28. The summed E-state index contributed by atoms with van der Waals surface area (Å²) in [6.45, 7) is 4.39. The van der Waals surface area contributed by atoms with Crippen LogP contribution >= 0.6 is 0 Å². The van der Waals surface area contributed by atoms with Gasteiger partial charge in [0.05, 0.1) is 18.8 Å². The zero-order chi connectivity index (χ0) is 15.2. The van der Waals surface area contributed by atoms with Crippen molar-refractivity contribution in [2.45, 2.75) is 45.2 Å². The molecule has 1 heterocycles. The van der Waals surface area contributed by atoms with Crippen molar-refractivity contribution in [3.63, 3.8) is 0 Å². The van der Waals surface area contributed by atoms with Gasteiger partial charge in [0.25, 0.3) is 0 Å². The predicted octanol–water partition coefficient (Wildman–Crippen LogP) is 3.50. The summed E-state index contributed by atoms with van der Waals surface area (Å²) >= 11 is 0. The topological polar surface area (TPSA) is 53.1 Å². The number of benzene rings is 1. The second kappa shape index (κ2) is 7.27. The smallest absolute Gasteiger partial charge is 0.118 e. The van der Waals surface area contributed by atoms with Gasteiger partial charge in [-0.15, -0.1) is 0 Å². The van der Waals surface area contributed by atoms with Gasteiger partial charge in [-0.3, -0.25) is 4.68 Å². The van der Waals surface area contributed by atoms with Crippen LogP contribution in [-0.2, 0) is 6.42 Å². The largest absolute Gasteiger partial charge is 0.497 e. The third-order valence-electron chi connectivity index (χ3n) is 3.95. The van der Waals surface area contributed by atoms with Crippen molar-refractivity contribution in [1.29, 1.82) is 0 Å². The molecule has 4 nitrogen and oxygen atoms in total. The molecule has 2 N–H and O–H groups in total. The summed E-state index contributed by atoms with van der Waals surface area (Å²) in [6.07, 6.45) is 5.01. The average Bonchev–Trinajstić information content (AvgIpc) is 2.97. The number of methoxy groups -OCH3 is 1. The minimum atomic E-state index is -0.0408. The quantitative estimate of drug-likeness (QED) is 0.848. The van der Waals surface area contributed by atoms with Crippen LogP contribution in [0.3, 0.4) is 0 Å². The van der Waals surface area contributed by atoms with E-state index in [9.17, 15) is 0 Å². The fourth-order valence-electron chi connectivity index (χ4n) is 2.55. The Kier molecular flexibility index (Phi) is 5.39. The highest BCUT2D eigenvalue weighted by atomic mass is 16.5. The molecular weight excluding hydrogens is 262 g/mol. The van der Waals surface area contributed by atoms with Crippen LogP contribution < -0.4 is 10.5 Å². The Morgan fingerprint density at radius 1 is 1.14 bits per heavy atom. The van der Waals surface area contributed by atoms with Gasteiger partial charge in [-0.2, -0.15) is 5.10 Å². The summed E-state index contributed by atoms with van der Waals surface area (Å²) in [7, 11) is 1.67. The lowest BCUT2D eigenvalue weighted by molar-refractivity contribution is 0.414. The third-order valence-corrected chi connectivity index (χ3v) is 3.95. The van der Waals surface area contributed by atoms with Gasteiger partial charge >= 0.3 is 0 Å². The first-order valence-corrected chi connectivity index (χ1v) is 7.61. The maximum absolute atomic E-state index is 6.28. The molecular formula is C17H25N3O. The van der Waals surface area contributed by atoms with E-state index in [1.165, 1.54) is 0 Å². The summed E-state index contributed by atoms with van der Waals surface area (Å²) < 4.78 is 7.23. The minimum Gasteiger partial charge on any atom is -0.497 e. The van der Waals surface area contributed by atoms with Crippen LogP contribution in [0.4, 0.5) is 0 Å². The standard InChI is InChI=1S/C17H25N3O/c1-4-15(5-2)20-11-10-14(19-20)12-17(18)13-6-8-16(21-3)9-7-13/h6-11,15,17H,4-5,12,18H2,1-3H3. The van der Waals surface area contributed by atoms with Crippen molar-refractivity contribution >= 4 is 0 Å². The van der Waals surface area contributed by atoms with Crippen molar-refractivity contribution in [3.05, 3.63) is 47.8 Å². The highest BCUT2D eigenvalue weighted by Crippen LogP contribution is 2.20. The molecule has 0 aliphatic carbocycles. The zero-order valence-corrected chi connectivity index (χ0v) is 13.1. The van der Waals surface area contributed by atoms with Crippen LogP contribution in [0.2, 0.25) is 0 Å². The van der Waals surface area contributed by atoms with E-state index in [0.29, 0.717) is 6.04 Å². The number of hydrogen-bond acceptors (Lipinski definition) is 3. The molecule has 114 valence electrons. The molecule has 0 bridgehead atoms. The lowest BCUT2D eigenvalue weighted by Gasteiger charge is -2.13. The van der Waals surface area contributed by atoms with Crippen molar-refractivity contribution in [2.75, 3.05) is 7.11 Å². The van der Waals surface area contributed by atoms with E-state index in [2.05, 4.69) is 35.9 Å². The van der Waals surface area contributed by atoms with Crippen LogP contribution in [0.25, 0.3) is 0 Å². The van der Waals surface area contributed by atoms with Gasteiger partial charge in [-0.1, -0.05) is 26.0 Å². The highest BCUT2D eigenvalue weighted by molar-refractivity contribution is 5.29. The molecule has 2 aromatic rings. The van der Waals surface area contributed by atoms with Crippen LogP contribution in [0, 0.1) is 0 Å². The molecule has 0 spiro atoms. The normalized spacial score (nSPS) is 12.6. The molecule has 0 saturated heterocycles. The van der Waals surface area contributed by atoms with Crippen molar-refractivity contribution in [3.8, 4) is 5.75 Å². The van der Waals surface area contributed by atoms with E-state index in [1.807, 2.05) is 24.3 Å². The van der Waals surface area contributed by atoms with Crippen LogP contribution in [-0.4, -0.2) is 16.9 Å². The number of ether oxygens (including phenoxy) is 1. The molecule has 1 aromatic heterocycles. The monoisotopic (exact) mass is 287 g/mol. The molecule has 21 heavy (non-hydrogen) atoms. The van der Waals surface area contributed by atoms with Gasteiger partial charge in [-0.05, 0) is 36.6 Å². The molecule has 1 unspecified atom stereocenters. The van der Waals surface area contributed by atoms with Gasteiger partial charge in [0, 0.05) is 18.7 Å². The molecule has 0 aliphatic rings. The first-order chi connectivity index (χ1) is 10.2. The Labute approximate surface area is 126 Å². The highest BCUT2D eigenvalue weighted by Gasteiger charge is 2.12. The van der Waals surface area contributed by atoms with E-state index in [0.717, 1.165) is 36.3 Å². The summed E-state index contributed by atoms with van der Waals surface area (Å²) in [5.41, 5.74) is 8.43. The Hall–Kier alpha value is -1.81. The summed E-state index contributed by atoms with van der Waals surface area (Å²) in [4.78, 5) is 0. The maximum Gasteiger partial charge on any atom is 0.118 e. The Morgan fingerprint density at radius 3 is 2.38 bits per heavy atom. The fourth-order valence-corrected chi connectivity index (χ4v) is 2.55. The first kappa shape index (κ1) is 15.6. The van der Waals surface area contributed by atoms with E-state index < -0.39 is 0 Å². The van der Waals surface area contributed by atoms with E-state index in [1.54, 1.807) is 7.11 Å². The summed E-state index contributed by atoms with van der Waals surface area (Å²) in [5, 5.41) is 4.66. The van der Waals surface area contributed by atoms with Gasteiger partial charge in [0.2, 0.25) is 0 Å². The molecule has 0 aliphatic heterocycles. The molecule has 0 radical (unpaired) electrons. The van der Waals surface area contributed by atoms with Crippen molar-refractivity contribution in [2.24, 2.45) is 5.73 Å². The number of nitrogens with zero attached hydrogens (tertiary/aromatic N) is 2. The van der Waals surface area contributed by atoms with Crippen molar-refractivity contribution in [1.82, 2.24) is 9.78 Å². The second-order valence-corrected chi connectivity index (χ2v) is 5.34. The van der Waals surface area contributed by atoms with Crippen LogP contribution in [0.1, 0.15) is 50.0 Å². The van der Waals surface area contributed by atoms with E-state index in [4.69, 9.17) is 10.5 Å². The molecule has 0 saturated carbocycles. The molecule has 1 aromatic carbocycles. The minimum absolute atomic E-state index is 0.0408. The Bertz CT molecular complexity index is 543. The van der Waals surface area contributed by atoms with Crippen LogP contribution in [0.15, 0.2) is 36.5 Å². The van der Waals surface area contributed by atoms with E-state index in [-0.39, 0.29) is 6.04 Å². The van der Waals surface area contributed by atoms with Gasteiger partial charge in [-0.25, -0.2) is 0 Å². The van der Waals surface area contributed by atoms with Crippen LogP contribution in [0.5, 0.6) is 5.75 Å². The summed E-state index contributed by atoms with van der Waals surface area (Å²) in [5.74, 6) is 0.851. The molecule has 4 heteroatoms. The van der Waals surface area contributed by atoms with Gasteiger partial charge in [0.1, 0.15) is 5.75 Å². The number of aromatic nitrogens is 2. The fraction of sp³-hybridized carbons (Fsp3) is 0.471. The molecule has 1 atom stereocenters.